The van der Waals surface area contributed by atoms with Crippen LogP contribution in [0.25, 0.3) is 0 Å². The number of benzene rings is 1. The predicted octanol–water partition coefficient (Wildman–Crippen LogP) is 1.38. The van der Waals surface area contributed by atoms with E-state index < -0.39 is 11.0 Å². The molecule has 1 atom stereocenters. The van der Waals surface area contributed by atoms with Crippen LogP contribution in [-0.2, 0) is 0 Å². The molecule has 0 heterocycles. The third-order valence-corrected chi connectivity index (χ3v) is 2.44. The summed E-state index contributed by atoms with van der Waals surface area (Å²) in [7, 11) is 0. The van der Waals surface area contributed by atoms with Crippen LogP contribution in [0.4, 0.5) is 5.69 Å². The zero-order valence-corrected chi connectivity index (χ0v) is 10.2. The Balaban J connectivity index is 0.00000256. The average molecular weight is 262 g/mol. The minimum absolute atomic E-state index is 0. The molecule has 0 spiro atoms. The fraction of sp³-hybridized carbons (Fsp3) is 0.400. The summed E-state index contributed by atoms with van der Waals surface area (Å²) in [5.74, 6) is -0.356. The molecule has 0 aromatic heterocycles. The molecule has 96 valence electrons. The molecule has 0 amide bonds. The van der Waals surface area contributed by atoms with Crippen molar-refractivity contribution in [1.29, 1.82) is 0 Å². The van der Waals surface area contributed by atoms with Crippen LogP contribution in [0.2, 0.25) is 0 Å². The van der Waals surface area contributed by atoms with E-state index in [9.17, 15) is 15.2 Å². The van der Waals surface area contributed by atoms with E-state index in [1.807, 2.05) is 0 Å². The lowest BCUT2D eigenvalue weighted by Gasteiger charge is -2.13. The van der Waals surface area contributed by atoms with Gasteiger partial charge in [-0.05, 0) is 19.9 Å². The highest BCUT2D eigenvalue weighted by Gasteiger charge is 2.22. The number of phenolic OH excluding ortho intramolecular Hbond substituents is 1. The molecule has 0 fully saturated rings. The van der Waals surface area contributed by atoms with E-state index in [4.69, 9.17) is 11.5 Å². The Kier molecular flexibility index (Phi) is 5.87. The first-order valence-corrected chi connectivity index (χ1v) is 4.91. The fourth-order valence-corrected chi connectivity index (χ4v) is 1.56. The van der Waals surface area contributed by atoms with E-state index >= 15 is 0 Å². The lowest BCUT2D eigenvalue weighted by molar-refractivity contribution is -0.386. The van der Waals surface area contributed by atoms with Crippen LogP contribution in [0.3, 0.4) is 0 Å². The molecule has 0 aliphatic rings. The van der Waals surface area contributed by atoms with E-state index in [1.54, 1.807) is 19.1 Å². The summed E-state index contributed by atoms with van der Waals surface area (Å²) >= 11 is 0. The van der Waals surface area contributed by atoms with E-state index in [2.05, 4.69) is 0 Å². The molecule has 0 bridgehead atoms. The number of nitro groups is 1. The SMILES string of the molecule is Cc1ccc([C@H](N)CCN)c(O)c1[N+](=O)[O-].Cl. The van der Waals surface area contributed by atoms with E-state index in [1.165, 1.54) is 0 Å². The van der Waals surface area contributed by atoms with Crippen LogP contribution in [-0.4, -0.2) is 16.6 Å². The van der Waals surface area contributed by atoms with Gasteiger partial charge in [0.15, 0.2) is 5.75 Å². The number of aromatic hydroxyl groups is 1. The molecule has 0 aliphatic carbocycles. The lowest BCUT2D eigenvalue weighted by Crippen LogP contribution is -2.15. The first-order chi connectivity index (χ1) is 7.49. The zero-order chi connectivity index (χ0) is 12.3. The van der Waals surface area contributed by atoms with Gasteiger partial charge in [-0.25, -0.2) is 0 Å². The Bertz CT molecular complexity index is 412. The Morgan fingerprint density at radius 3 is 2.59 bits per heavy atom. The topological polar surface area (TPSA) is 115 Å². The summed E-state index contributed by atoms with van der Waals surface area (Å²) < 4.78 is 0. The minimum atomic E-state index is -0.608. The number of aryl methyl sites for hydroxylation is 1. The highest BCUT2D eigenvalue weighted by molar-refractivity contribution is 5.85. The highest BCUT2D eigenvalue weighted by atomic mass is 35.5. The van der Waals surface area contributed by atoms with Crippen molar-refractivity contribution in [3.05, 3.63) is 33.4 Å². The number of nitro benzene ring substituents is 1. The smallest absolute Gasteiger partial charge is 0.313 e. The van der Waals surface area contributed by atoms with Crippen molar-refractivity contribution in [3.63, 3.8) is 0 Å². The predicted molar refractivity (Wildman–Crippen MR) is 67.3 cm³/mol. The van der Waals surface area contributed by atoms with Crippen LogP contribution in [0, 0.1) is 17.0 Å². The van der Waals surface area contributed by atoms with Crippen molar-refractivity contribution in [2.45, 2.75) is 19.4 Å². The van der Waals surface area contributed by atoms with Gasteiger partial charge >= 0.3 is 5.69 Å². The molecule has 1 rings (SSSR count). The molecular formula is C10H16ClN3O3. The Labute approximate surface area is 105 Å². The summed E-state index contributed by atoms with van der Waals surface area (Å²) in [6, 6.07) is 2.69. The van der Waals surface area contributed by atoms with E-state index in [0.717, 1.165) is 0 Å². The molecule has 6 nitrogen and oxygen atoms in total. The molecule has 5 N–H and O–H groups in total. The van der Waals surface area contributed by atoms with E-state index in [0.29, 0.717) is 24.1 Å². The molecule has 0 saturated carbocycles. The number of hydrogen-bond acceptors (Lipinski definition) is 5. The molecular weight excluding hydrogens is 246 g/mol. The molecule has 7 heteroatoms. The molecule has 0 radical (unpaired) electrons. The lowest BCUT2D eigenvalue weighted by atomic mass is 10.0. The maximum absolute atomic E-state index is 10.8. The highest BCUT2D eigenvalue weighted by Crippen LogP contribution is 2.36. The first kappa shape index (κ1) is 15.6. The van der Waals surface area contributed by atoms with Gasteiger partial charge in [-0.2, -0.15) is 0 Å². The molecule has 17 heavy (non-hydrogen) atoms. The fourth-order valence-electron chi connectivity index (χ4n) is 1.56. The standard InChI is InChI=1S/C10H15N3O3.ClH/c1-6-2-3-7(8(12)4-5-11)10(14)9(6)13(15)16;/h2-3,8,14H,4-5,11-12H2,1H3;1H/t8-;/m1./s1. The van der Waals surface area contributed by atoms with Gasteiger partial charge in [0.05, 0.1) is 4.92 Å². The Hall–Kier alpha value is -1.37. The second-order valence-electron chi connectivity index (χ2n) is 3.61. The van der Waals surface area contributed by atoms with Gasteiger partial charge < -0.3 is 16.6 Å². The minimum Gasteiger partial charge on any atom is -0.502 e. The van der Waals surface area contributed by atoms with Gasteiger partial charge in [0.25, 0.3) is 0 Å². The van der Waals surface area contributed by atoms with Gasteiger partial charge in [-0.3, -0.25) is 10.1 Å². The maximum atomic E-state index is 10.8. The van der Waals surface area contributed by atoms with Gasteiger partial charge in [-0.1, -0.05) is 12.1 Å². The molecule has 1 aromatic rings. The normalized spacial score (nSPS) is 11.7. The molecule has 0 unspecified atom stereocenters. The quantitative estimate of drug-likeness (QED) is 0.559. The van der Waals surface area contributed by atoms with Gasteiger partial charge in [0.2, 0.25) is 0 Å². The van der Waals surface area contributed by atoms with Crippen LogP contribution < -0.4 is 11.5 Å². The summed E-state index contributed by atoms with van der Waals surface area (Å²) in [5, 5.41) is 20.5. The van der Waals surface area contributed by atoms with Crippen molar-refractivity contribution >= 4 is 18.1 Å². The summed E-state index contributed by atoms with van der Waals surface area (Å²) in [4.78, 5) is 10.1. The zero-order valence-electron chi connectivity index (χ0n) is 9.42. The van der Waals surface area contributed by atoms with Gasteiger partial charge in [0, 0.05) is 17.2 Å². The Morgan fingerprint density at radius 2 is 2.12 bits per heavy atom. The Morgan fingerprint density at radius 1 is 1.53 bits per heavy atom. The largest absolute Gasteiger partial charge is 0.502 e. The average Bonchev–Trinajstić information content (AvgIpc) is 2.17. The molecule has 0 aliphatic heterocycles. The van der Waals surface area contributed by atoms with Crippen LogP contribution in [0.5, 0.6) is 5.75 Å². The van der Waals surface area contributed by atoms with Crippen molar-refractivity contribution in [3.8, 4) is 5.75 Å². The number of nitrogens with two attached hydrogens (primary N) is 2. The molecule has 0 saturated heterocycles. The second kappa shape index (κ2) is 6.39. The van der Waals surface area contributed by atoms with Gasteiger partial charge in [-0.15, -0.1) is 12.4 Å². The number of hydrogen-bond donors (Lipinski definition) is 3. The number of phenols is 1. The maximum Gasteiger partial charge on any atom is 0.313 e. The van der Waals surface area contributed by atoms with Crippen LogP contribution in [0.15, 0.2) is 12.1 Å². The van der Waals surface area contributed by atoms with E-state index in [-0.39, 0.29) is 23.8 Å². The van der Waals surface area contributed by atoms with Crippen LogP contribution >= 0.6 is 12.4 Å². The molecule has 1 aromatic carbocycles. The second-order valence-corrected chi connectivity index (χ2v) is 3.61. The van der Waals surface area contributed by atoms with Crippen molar-refractivity contribution in [2.75, 3.05) is 6.54 Å². The summed E-state index contributed by atoms with van der Waals surface area (Å²) in [5.41, 5.74) is 11.6. The number of halogens is 1. The third-order valence-electron chi connectivity index (χ3n) is 2.44. The van der Waals surface area contributed by atoms with Crippen molar-refractivity contribution in [1.82, 2.24) is 0 Å². The number of nitrogens with zero attached hydrogens (tertiary/aromatic N) is 1. The number of rotatable bonds is 4. The summed E-state index contributed by atoms with van der Waals surface area (Å²) in [6.45, 7) is 1.93. The first-order valence-electron chi connectivity index (χ1n) is 4.91. The van der Waals surface area contributed by atoms with Crippen LogP contribution in [0.1, 0.15) is 23.6 Å². The van der Waals surface area contributed by atoms with Gasteiger partial charge in [0.1, 0.15) is 0 Å². The summed E-state index contributed by atoms with van der Waals surface area (Å²) in [6.07, 6.45) is 0.466. The third kappa shape index (κ3) is 3.29. The van der Waals surface area contributed by atoms with Crippen molar-refractivity contribution < 1.29 is 10.0 Å². The van der Waals surface area contributed by atoms with Crippen molar-refractivity contribution in [2.24, 2.45) is 11.5 Å². The monoisotopic (exact) mass is 261 g/mol.